The number of hydrogen-bond acceptors (Lipinski definition) is 9. The zero-order chi connectivity index (χ0) is 34.0. The van der Waals surface area contributed by atoms with Crippen LogP contribution in [0.5, 0.6) is 5.88 Å². The number of anilines is 1. The molecule has 1 fully saturated rings. The third-order valence-electron chi connectivity index (χ3n) is 8.99. The fourth-order valence-electron chi connectivity index (χ4n) is 5.31. The van der Waals surface area contributed by atoms with Crippen LogP contribution in [0.1, 0.15) is 40.0 Å². The predicted octanol–water partition coefficient (Wildman–Crippen LogP) is 6.50. The molecule has 0 bridgehead atoms. The van der Waals surface area contributed by atoms with E-state index in [1.54, 1.807) is 12.3 Å². The lowest BCUT2D eigenvalue weighted by Gasteiger charge is -2.38. The molecule has 12 nitrogen and oxygen atoms in total. The van der Waals surface area contributed by atoms with Gasteiger partial charge in [-0.15, -0.1) is 0 Å². The summed E-state index contributed by atoms with van der Waals surface area (Å²) in [6.45, 7) is 14.4. The molecule has 2 aromatic heterocycles. The molecule has 15 heteroatoms. The van der Waals surface area contributed by atoms with Crippen molar-refractivity contribution in [2.24, 2.45) is 0 Å². The summed E-state index contributed by atoms with van der Waals surface area (Å²) in [6, 6.07) is 10.7. The molecule has 0 amide bonds. The van der Waals surface area contributed by atoms with E-state index in [1.807, 2.05) is 0 Å². The second-order valence-corrected chi connectivity index (χ2v) is 19.7. The maximum absolute atomic E-state index is 15.1. The Balaban J connectivity index is 1.25. The molecule has 4 aromatic rings. The molecule has 3 heterocycles. The van der Waals surface area contributed by atoms with Crippen molar-refractivity contribution in [2.45, 2.75) is 69.1 Å². The van der Waals surface area contributed by atoms with Crippen LogP contribution >= 0.6 is 0 Å². The van der Waals surface area contributed by atoms with Crippen molar-refractivity contribution in [1.82, 2.24) is 19.5 Å². The topological polar surface area (TPSA) is 141 Å². The van der Waals surface area contributed by atoms with Crippen molar-refractivity contribution < 1.29 is 26.9 Å². The lowest BCUT2D eigenvalue weighted by Crippen LogP contribution is -2.45. The van der Waals surface area contributed by atoms with Gasteiger partial charge in [0.2, 0.25) is 5.88 Å². The number of nitrogens with zero attached hydrogens (tertiary/aromatic N) is 5. The molecule has 1 atom stereocenters. The fraction of sp³-hybridized carbons (Fsp3) is 0.438. The van der Waals surface area contributed by atoms with Crippen molar-refractivity contribution >= 4 is 35.4 Å². The second-order valence-electron chi connectivity index (χ2n) is 13.2. The predicted molar refractivity (Wildman–Crippen MR) is 180 cm³/mol. The average Bonchev–Trinajstić information content (AvgIpc) is 3.65. The molecule has 2 aromatic carbocycles. The number of rotatable bonds is 13. The first-order chi connectivity index (χ1) is 22.2. The first-order valence-corrected chi connectivity index (χ1v) is 20.0. The van der Waals surface area contributed by atoms with E-state index < -0.39 is 39.7 Å². The van der Waals surface area contributed by atoms with E-state index in [1.165, 1.54) is 35.0 Å². The Hall–Kier alpha value is -3.92. The van der Waals surface area contributed by atoms with E-state index >= 15 is 4.39 Å². The van der Waals surface area contributed by atoms with Gasteiger partial charge < -0.3 is 9.16 Å². The summed E-state index contributed by atoms with van der Waals surface area (Å²) >= 11 is 0. The van der Waals surface area contributed by atoms with Crippen LogP contribution in [0.15, 0.2) is 65.8 Å². The Bertz CT molecular complexity index is 1860. The molecule has 1 N–H and O–H groups in total. The largest absolute Gasteiger partial charge is 0.478 e. The average molecular weight is 685 g/mol. The van der Waals surface area contributed by atoms with Gasteiger partial charge in [0.15, 0.2) is 18.9 Å². The summed E-state index contributed by atoms with van der Waals surface area (Å²) in [7, 11) is -6.17. The summed E-state index contributed by atoms with van der Waals surface area (Å²) in [6.07, 6.45) is 6.17. The number of para-hydroxylation sites is 1. The SMILES string of the molecule is CC(C)(C)[Si](C)(C)OC[C@@H]1CCCN1CCCOc1ccn2ncc(-c3cc(NS(=O)(=O)c4ccccc4[N+](=O)[O-])ccc3F)c2n1. The van der Waals surface area contributed by atoms with Gasteiger partial charge in [-0.2, -0.15) is 10.1 Å². The number of benzene rings is 2. The molecule has 47 heavy (non-hydrogen) atoms. The van der Waals surface area contributed by atoms with Crippen LogP contribution in [0.3, 0.4) is 0 Å². The minimum atomic E-state index is -4.35. The van der Waals surface area contributed by atoms with Crippen LogP contribution in [-0.2, 0) is 14.4 Å². The standard InChI is InChI=1S/C32H41FN6O6SSi/c1-32(2,3)47(4,5)45-22-24-10-8-16-37(24)17-9-19-44-30-15-18-38-31(35-30)26(21-34-38)25-20-23(13-14-27(25)33)36-46(42,43)29-12-7-6-11-28(29)39(40)41/h6-7,11-15,18,20-21,24,36H,8-10,16-17,19,22H2,1-5H3/t24-/m0/s1. The molecule has 1 aliphatic rings. The monoisotopic (exact) mass is 684 g/mol. The van der Waals surface area contributed by atoms with Gasteiger partial charge >= 0.3 is 0 Å². The second kappa shape index (κ2) is 13.7. The number of ether oxygens (including phenoxy) is 1. The Morgan fingerprint density at radius 1 is 1.15 bits per heavy atom. The number of halogens is 1. The molecule has 0 saturated carbocycles. The van der Waals surface area contributed by atoms with E-state index in [0.717, 1.165) is 57.2 Å². The van der Waals surface area contributed by atoms with Crippen molar-refractivity contribution in [1.29, 1.82) is 0 Å². The summed E-state index contributed by atoms with van der Waals surface area (Å²) in [5.74, 6) is -0.272. The first-order valence-electron chi connectivity index (χ1n) is 15.6. The van der Waals surface area contributed by atoms with Gasteiger partial charge in [0.1, 0.15) is 5.82 Å². The lowest BCUT2D eigenvalue weighted by atomic mass is 10.1. The Morgan fingerprint density at radius 3 is 2.66 bits per heavy atom. The molecular formula is C32H41FN6O6SSi. The number of sulfonamides is 1. The van der Waals surface area contributed by atoms with Crippen LogP contribution in [0.2, 0.25) is 18.1 Å². The van der Waals surface area contributed by atoms with Crippen LogP contribution in [0, 0.1) is 15.9 Å². The number of nitro benzene ring substituents is 1. The van der Waals surface area contributed by atoms with Crippen LogP contribution < -0.4 is 9.46 Å². The van der Waals surface area contributed by atoms with Crippen molar-refractivity contribution in [3.63, 3.8) is 0 Å². The maximum Gasteiger partial charge on any atom is 0.289 e. The summed E-state index contributed by atoms with van der Waals surface area (Å²) in [5, 5.41) is 15.8. The van der Waals surface area contributed by atoms with E-state index in [-0.39, 0.29) is 16.3 Å². The van der Waals surface area contributed by atoms with Crippen LogP contribution in [0.4, 0.5) is 15.8 Å². The molecule has 0 unspecified atom stereocenters. The van der Waals surface area contributed by atoms with Gasteiger partial charge in [-0.05, 0) is 68.2 Å². The molecule has 252 valence electrons. The fourth-order valence-corrected chi connectivity index (χ4v) is 7.57. The van der Waals surface area contributed by atoms with E-state index in [4.69, 9.17) is 9.16 Å². The van der Waals surface area contributed by atoms with Gasteiger partial charge in [-0.25, -0.2) is 17.3 Å². The van der Waals surface area contributed by atoms with Crippen LogP contribution in [-0.4, -0.2) is 73.5 Å². The van der Waals surface area contributed by atoms with E-state index in [9.17, 15) is 18.5 Å². The number of nitro groups is 1. The summed E-state index contributed by atoms with van der Waals surface area (Å²) in [4.78, 5) is 17.2. The molecule has 0 spiro atoms. The highest BCUT2D eigenvalue weighted by Gasteiger charge is 2.38. The molecular weight excluding hydrogens is 644 g/mol. The zero-order valence-electron chi connectivity index (χ0n) is 27.3. The van der Waals surface area contributed by atoms with Gasteiger partial charge in [0.25, 0.3) is 15.7 Å². The molecule has 1 aliphatic heterocycles. The molecule has 0 aliphatic carbocycles. The highest BCUT2D eigenvalue weighted by Crippen LogP contribution is 2.37. The van der Waals surface area contributed by atoms with E-state index in [0.29, 0.717) is 29.7 Å². The quantitative estimate of drug-likeness (QED) is 0.0723. The van der Waals surface area contributed by atoms with Crippen LogP contribution in [0.25, 0.3) is 16.8 Å². The zero-order valence-corrected chi connectivity index (χ0v) is 29.1. The number of likely N-dealkylation sites (tertiary alicyclic amines) is 1. The number of fused-ring (bicyclic) bond motifs is 1. The molecule has 1 saturated heterocycles. The normalized spacial score (nSPS) is 16.1. The molecule has 5 rings (SSSR count). The molecule has 0 radical (unpaired) electrons. The maximum atomic E-state index is 15.1. The Labute approximate surface area is 275 Å². The number of hydrogen-bond donors (Lipinski definition) is 1. The first kappa shape index (κ1) is 34.4. The minimum Gasteiger partial charge on any atom is -0.478 e. The van der Waals surface area contributed by atoms with Gasteiger partial charge in [-0.1, -0.05) is 32.9 Å². The minimum absolute atomic E-state index is 0.0150. The highest BCUT2D eigenvalue weighted by molar-refractivity contribution is 7.92. The van der Waals surface area contributed by atoms with Crippen molar-refractivity contribution in [3.8, 4) is 17.0 Å². The van der Waals surface area contributed by atoms with Crippen molar-refractivity contribution in [2.75, 3.05) is 31.0 Å². The third kappa shape index (κ3) is 7.80. The third-order valence-corrected chi connectivity index (χ3v) is 14.9. The number of aromatic nitrogens is 3. The van der Waals surface area contributed by atoms with Crippen molar-refractivity contribution in [3.05, 3.63) is 76.9 Å². The Kier molecular flexibility index (Phi) is 10.0. The van der Waals surface area contributed by atoms with Gasteiger partial charge in [0.05, 0.1) is 17.7 Å². The number of nitrogens with one attached hydrogen (secondary N) is 1. The van der Waals surface area contributed by atoms with E-state index in [2.05, 4.69) is 53.6 Å². The highest BCUT2D eigenvalue weighted by atomic mass is 32.2. The van der Waals surface area contributed by atoms with Gasteiger partial charge in [0, 0.05) is 54.3 Å². The Morgan fingerprint density at radius 2 is 1.91 bits per heavy atom. The van der Waals surface area contributed by atoms with Gasteiger partial charge in [-0.3, -0.25) is 19.7 Å². The summed E-state index contributed by atoms with van der Waals surface area (Å²) < 4.78 is 57.5. The smallest absolute Gasteiger partial charge is 0.289 e. The summed E-state index contributed by atoms with van der Waals surface area (Å²) in [5.41, 5.74) is 0.134. The lowest BCUT2D eigenvalue weighted by molar-refractivity contribution is -0.387.